The smallest absolute Gasteiger partial charge is 0.110 e. The molecule has 15 heavy (non-hydrogen) atoms. The number of aliphatic hydroxyl groups is 1. The van der Waals surface area contributed by atoms with Crippen LogP contribution in [0.4, 0.5) is 0 Å². The summed E-state index contributed by atoms with van der Waals surface area (Å²) in [5.41, 5.74) is 0. The third-order valence-electron chi connectivity index (χ3n) is 3.42. The Morgan fingerprint density at radius 2 is 2.20 bits per heavy atom. The highest BCUT2D eigenvalue weighted by molar-refractivity contribution is 4.84. The first-order chi connectivity index (χ1) is 7.36. The maximum absolute atomic E-state index is 9.64. The first-order valence-corrected chi connectivity index (χ1v) is 6.05. The van der Waals surface area contributed by atoms with E-state index in [0.29, 0.717) is 12.0 Å². The van der Waals surface area contributed by atoms with Gasteiger partial charge >= 0.3 is 0 Å². The molecule has 3 heteroatoms. The molecule has 0 spiro atoms. The van der Waals surface area contributed by atoms with Gasteiger partial charge in [-0.1, -0.05) is 6.42 Å². The molecule has 0 aromatic carbocycles. The lowest BCUT2D eigenvalue weighted by atomic mass is 10.1. The Balaban J connectivity index is 1.60. The van der Waals surface area contributed by atoms with Crippen molar-refractivity contribution in [1.29, 1.82) is 0 Å². The molecule has 86 valence electrons. The van der Waals surface area contributed by atoms with Crippen molar-refractivity contribution >= 4 is 0 Å². The molecule has 0 radical (unpaired) electrons. The number of allylic oxidation sites excluding steroid dienone is 1. The summed E-state index contributed by atoms with van der Waals surface area (Å²) in [5.74, 6) is 0.462. The predicted octanol–water partition coefficient (Wildman–Crippen LogP) is 1.43. The van der Waals surface area contributed by atoms with E-state index in [0.717, 1.165) is 32.4 Å². The van der Waals surface area contributed by atoms with Crippen LogP contribution in [0, 0.1) is 5.92 Å². The van der Waals surface area contributed by atoms with Crippen molar-refractivity contribution in [2.75, 3.05) is 13.1 Å². The fourth-order valence-electron chi connectivity index (χ4n) is 2.42. The normalized spacial score (nSPS) is 35.4. The molecule has 3 unspecified atom stereocenters. The minimum Gasteiger partial charge on any atom is -0.497 e. The van der Waals surface area contributed by atoms with Crippen molar-refractivity contribution in [3.8, 4) is 0 Å². The Labute approximate surface area is 91.5 Å². The van der Waals surface area contributed by atoms with Crippen LogP contribution >= 0.6 is 0 Å². The summed E-state index contributed by atoms with van der Waals surface area (Å²) in [7, 11) is 0. The zero-order chi connectivity index (χ0) is 10.5. The largest absolute Gasteiger partial charge is 0.497 e. The van der Waals surface area contributed by atoms with Gasteiger partial charge in [-0.05, 0) is 37.7 Å². The van der Waals surface area contributed by atoms with Crippen LogP contribution in [-0.2, 0) is 4.74 Å². The average molecular weight is 211 g/mol. The Bertz CT molecular complexity index is 218. The predicted molar refractivity (Wildman–Crippen MR) is 59.5 cm³/mol. The van der Waals surface area contributed by atoms with Crippen LogP contribution in [0.1, 0.15) is 32.1 Å². The second-order valence-corrected chi connectivity index (χ2v) is 4.62. The molecule has 0 aromatic heterocycles. The topological polar surface area (TPSA) is 41.5 Å². The zero-order valence-corrected chi connectivity index (χ0v) is 9.19. The third kappa shape index (κ3) is 3.21. The van der Waals surface area contributed by atoms with E-state index >= 15 is 0 Å². The molecular weight excluding hydrogens is 190 g/mol. The standard InChI is InChI=1S/C12H21NO2/c14-12-6-3-4-10(12)8-13-9-11-5-1-2-7-15-11/h2,7,10-14H,1,3-6,8-9H2. The average Bonchev–Trinajstić information content (AvgIpc) is 2.66. The molecule has 1 fully saturated rings. The van der Waals surface area contributed by atoms with E-state index in [2.05, 4.69) is 11.4 Å². The maximum atomic E-state index is 9.64. The van der Waals surface area contributed by atoms with Gasteiger partial charge in [0.15, 0.2) is 0 Å². The van der Waals surface area contributed by atoms with Crippen LogP contribution in [0.15, 0.2) is 12.3 Å². The quantitative estimate of drug-likeness (QED) is 0.739. The van der Waals surface area contributed by atoms with E-state index in [4.69, 9.17) is 4.74 Å². The highest BCUT2D eigenvalue weighted by atomic mass is 16.5. The van der Waals surface area contributed by atoms with Gasteiger partial charge in [-0.25, -0.2) is 0 Å². The summed E-state index contributed by atoms with van der Waals surface area (Å²) in [4.78, 5) is 0. The van der Waals surface area contributed by atoms with E-state index in [9.17, 15) is 5.11 Å². The van der Waals surface area contributed by atoms with Gasteiger partial charge in [0.05, 0.1) is 12.4 Å². The summed E-state index contributed by atoms with van der Waals surface area (Å²) in [6.07, 6.45) is 9.68. The molecule has 1 saturated carbocycles. The lowest BCUT2D eigenvalue weighted by molar-refractivity contribution is 0.109. The Morgan fingerprint density at radius 1 is 1.27 bits per heavy atom. The van der Waals surface area contributed by atoms with Crippen LogP contribution in [0.25, 0.3) is 0 Å². The molecule has 0 saturated heterocycles. The monoisotopic (exact) mass is 211 g/mol. The second kappa shape index (κ2) is 5.52. The summed E-state index contributed by atoms with van der Waals surface area (Å²) in [5, 5.41) is 13.1. The number of nitrogens with one attached hydrogen (secondary N) is 1. The second-order valence-electron chi connectivity index (χ2n) is 4.62. The zero-order valence-electron chi connectivity index (χ0n) is 9.19. The summed E-state index contributed by atoms with van der Waals surface area (Å²) < 4.78 is 5.46. The number of rotatable bonds is 4. The fourth-order valence-corrected chi connectivity index (χ4v) is 2.42. The van der Waals surface area contributed by atoms with Crippen molar-refractivity contribution < 1.29 is 9.84 Å². The molecule has 0 bridgehead atoms. The molecule has 3 nitrogen and oxygen atoms in total. The highest BCUT2D eigenvalue weighted by Crippen LogP contribution is 2.24. The molecular formula is C12H21NO2. The first-order valence-electron chi connectivity index (χ1n) is 6.05. The Morgan fingerprint density at radius 3 is 2.87 bits per heavy atom. The van der Waals surface area contributed by atoms with E-state index in [1.54, 1.807) is 6.26 Å². The van der Waals surface area contributed by atoms with Gasteiger partial charge in [-0.15, -0.1) is 0 Å². The number of ether oxygens (including phenoxy) is 1. The summed E-state index contributed by atoms with van der Waals surface area (Å²) >= 11 is 0. The number of aliphatic hydroxyl groups excluding tert-OH is 1. The van der Waals surface area contributed by atoms with Gasteiger partial charge in [-0.2, -0.15) is 0 Å². The van der Waals surface area contributed by atoms with Crippen LogP contribution in [0.5, 0.6) is 0 Å². The van der Waals surface area contributed by atoms with Crippen molar-refractivity contribution in [2.45, 2.75) is 44.3 Å². The summed E-state index contributed by atoms with van der Waals surface area (Å²) in [6.45, 7) is 1.85. The molecule has 1 heterocycles. The van der Waals surface area contributed by atoms with Crippen molar-refractivity contribution in [3.05, 3.63) is 12.3 Å². The van der Waals surface area contributed by atoms with Gasteiger partial charge in [-0.3, -0.25) is 0 Å². The lowest BCUT2D eigenvalue weighted by Gasteiger charge is -2.21. The van der Waals surface area contributed by atoms with Gasteiger partial charge in [0.1, 0.15) is 6.10 Å². The van der Waals surface area contributed by atoms with E-state index < -0.39 is 0 Å². The third-order valence-corrected chi connectivity index (χ3v) is 3.42. The maximum Gasteiger partial charge on any atom is 0.110 e. The fraction of sp³-hybridized carbons (Fsp3) is 0.833. The number of hydrogen-bond donors (Lipinski definition) is 2. The van der Waals surface area contributed by atoms with E-state index in [1.165, 1.54) is 12.8 Å². The Hall–Kier alpha value is -0.540. The van der Waals surface area contributed by atoms with E-state index in [1.807, 2.05) is 0 Å². The molecule has 3 atom stereocenters. The lowest BCUT2D eigenvalue weighted by Crippen LogP contribution is -2.34. The molecule has 0 aromatic rings. The number of hydrogen-bond acceptors (Lipinski definition) is 3. The van der Waals surface area contributed by atoms with Crippen molar-refractivity contribution in [2.24, 2.45) is 5.92 Å². The van der Waals surface area contributed by atoms with Crippen LogP contribution < -0.4 is 5.32 Å². The van der Waals surface area contributed by atoms with E-state index in [-0.39, 0.29) is 6.10 Å². The molecule has 0 amide bonds. The molecule has 2 rings (SSSR count). The highest BCUT2D eigenvalue weighted by Gasteiger charge is 2.24. The molecule has 2 N–H and O–H groups in total. The minimum absolute atomic E-state index is 0.0790. The summed E-state index contributed by atoms with van der Waals surface area (Å²) in [6, 6.07) is 0. The molecule has 1 aliphatic carbocycles. The van der Waals surface area contributed by atoms with Crippen molar-refractivity contribution in [1.82, 2.24) is 5.32 Å². The Kier molecular flexibility index (Phi) is 4.03. The minimum atomic E-state index is -0.0790. The molecule has 1 aliphatic heterocycles. The van der Waals surface area contributed by atoms with Crippen LogP contribution in [0.2, 0.25) is 0 Å². The van der Waals surface area contributed by atoms with Gasteiger partial charge < -0.3 is 15.2 Å². The SMILES string of the molecule is OC1CCCC1CNCC1CCC=CO1. The van der Waals surface area contributed by atoms with Gasteiger partial charge in [0, 0.05) is 13.1 Å². The van der Waals surface area contributed by atoms with Crippen molar-refractivity contribution in [3.63, 3.8) is 0 Å². The van der Waals surface area contributed by atoms with Crippen LogP contribution in [-0.4, -0.2) is 30.4 Å². The van der Waals surface area contributed by atoms with Gasteiger partial charge in [0.2, 0.25) is 0 Å². The first kappa shape index (κ1) is 11.0. The van der Waals surface area contributed by atoms with Gasteiger partial charge in [0.25, 0.3) is 0 Å². The van der Waals surface area contributed by atoms with Crippen LogP contribution in [0.3, 0.4) is 0 Å². The molecule has 2 aliphatic rings.